The van der Waals surface area contributed by atoms with Crippen LogP contribution in [0.25, 0.3) is 0 Å². The lowest BCUT2D eigenvalue weighted by atomic mass is 9.64. The third kappa shape index (κ3) is 3.33. The van der Waals surface area contributed by atoms with E-state index < -0.39 is 41.9 Å². The first-order valence-corrected chi connectivity index (χ1v) is 13.3. The van der Waals surface area contributed by atoms with Crippen molar-refractivity contribution in [3.8, 4) is 0 Å². The van der Waals surface area contributed by atoms with Crippen molar-refractivity contribution in [3.63, 3.8) is 0 Å². The summed E-state index contributed by atoms with van der Waals surface area (Å²) in [6.07, 6.45) is -3.81. The van der Waals surface area contributed by atoms with E-state index in [1.807, 2.05) is 0 Å². The number of amides is 3. The third-order valence-corrected chi connectivity index (χ3v) is 11.1. The molecule has 3 heterocycles. The van der Waals surface area contributed by atoms with Crippen molar-refractivity contribution in [3.05, 3.63) is 44.4 Å². The summed E-state index contributed by atoms with van der Waals surface area (Å²) < 4.78 is 39.0. The molecule has 3 fully saturated rings. The highest BCUT2D eigenvalue weighted by molar-refractivity contribution is 8.00. The first-order valence-electron chi connectivity index (χ1n) is 11.6. The third-order valence-electron chi connectivity index (χ3n) is 8.26. The number of fused-ring (bicyclic) bond motifs is 9. The molecule has 2 aliphatic heterocycles. The Labute approximate surface area is 211 Å². The Balaban J connectivity index is 1.22. The van der Waals surface area contributed by atoms with Gasteiger partial charge >= 0.3 is 11.0 Å². The first kappa shape index (κ1) is 23.8. The number of thioether (sulfide) groups is 1. The predicted molar refractivity (Wildman–Crippen MR) is 126 cm³/mol. The van der Waals surface area contributed by atoms with Crippen molar-refractivity contribution in [1.82, 2.24) is 9.88 Å². The van der Waals surface area contributed by atoms with Gasteiger partial charge in [0.1, 0.15) is 6.54 Å². The number of thiazole rings is 1. The number of H-pyrrole nitrogens is 1. The van der Waals surface area contributed by atoms with Crippen molar-refractivity contribution in [1.29, 1.82) is 0 Å². The van der Waals surface area contributed by atoms with Gasteiger partial charge < -0.3 is 10.3 Å². The molecule has 0 spiro atoms. The van der Waals surface area contributed by atoms with Crippen molar-refractivity contribution in [2.45, 2.75) is 42.1 Å². The van der Waals surface area contributed by atoms with Crippen LogP contribution in [-0.4, -0.2) is 39.4 Å². The number of anilines is 1. The Morgan fingerprint density at radius 3 is 2.56 bits per heavy atom. The first-order chi connectivity index (χ1) is 16.9. The van der Waals surface area contributed by atoms with Crippen LogP contribution in [0.1, 0.15) is 30.7 Å². The second kappa shape index (κ2) is 7.70. The van der Waals surface area contributed by atoms with Crippen LogP contribution < -0.4 is 10.2 Å². The van der Waals surface area contributed by atoms with Crippen LogP contribution >= 0.6 is 23.1 Å². The van der Waals surface area contributed by atoms with Gasteiger partial charge in [0.2, 0.25) is 17.7 Å². The van der Waals surface area contributed by atoms with Crippen molar-refractivity contribution >= 4 is 46.5 Å². The van der Waals surface area contributed by atoms with E-state index in [-0.39, 0.29) is 44.9 Å². The van der Waals surface area contributed by atoms with Gasteiger partial charge in [-0.3, -0.25) is 24.1 Å². The van der Waals surface area contributed by atoms with Gasteiger partial charge in [-0.2, -0.15) is 13.2 Å². The quantitative estimate of drug-likeness (QED) is 0.582. The lowest BCUT2D eigenvalue weighted by molar-refractivity contribution is -0.143. The smallest absolute Gasteiger partial charge is 0.325 e. The van der Waals surface area contributed by atoms with E-state index >= 15 is 0 Å². The molecule has 1 aromatic heterocycles. The molecule has 2 bridgehead atoms. The molecule has 2 aromatic rings. The number of halogens is 3. The van der Waals surface area contributed by atoms with Gasteiger partial charge in [0.25, 0.3) is 0 Å². The van der Waals surface area contributed by atoms with E-state index in [9.17, 15) is 32.3 Å². The maximum absolute atomic E-state index is 13.4. The van der Waals surface area contributed by atoms with Gasteiger partial charge in [-0.05, 0) is 42.4 Å². The molecule has 4 aliphatic rings. The second-order valence-corrected chi connectivity index (χ2v) is 12.7. The van der Waals surface area contributed by atoms with E-state index in [4.69, 9.17) is 0 Å². The molecule has 190 valence electrons. The topological polar surface area (TPSA) is 99.3 Å². The van der Waals surface area contributed by atoms with Crippen molar-refractivity contribution in [2.24, 2.45) is 29.6 Å². The number of hydrogen-bond donors (Lipinski definition) is 2. The molecule has 3 amide bonds. The molecule has 0 radical (unpaired) electrons. The Morgan fingerprint density at radius 1 is 1.17 bits per heavy atom. The number of aromatic amines is 1. The van der Waals surface area contributed by atoms with Crippen LogP contribution in [0.4, 0.5) is 18.9 Å². The van der Waals surface area contributed by atoms with Gasteiger partial charge in [0.15, 0.2) is 0 Å². The number of alkyl halides is 3. The summed E-state index contributed by atoms with van der Waals surface area (Å²) in [6, 6.07) is 4.21. The standard InChI is InChI=1S/C24H22F3N3O4S2/c1-23(2)16-11-7-12(17(16)35-19-18(23)36-22(34)29-19)15-14(11)20(32)30(21(15)33)8-13(31)28-10-5-3-4-9(6-10)24(25,26)27/h3-6,11-12,14-17H,7-8H2,1-2H3,(H,28,31)(H,29,34)/t11-,12-,14-,15-,16-,17+/m0/s1. The van der Waals surface area contributed by atoms with Crippen molar-refractivity contribution in [2.75, 3.05) is 11.9 Å². The van der Waals surface area contributed by atoms with E-state index in [1.165, 1.54) is 23.5 Å². The minimum absolute atomic E-state index is 0.0363. The summed E-state index contributed by atoms with van der Waals surface area (Å²) >= 11 is 2.78. The lowest BCUT2D eigenvalue weighted by Crippen LogP contribution is -2.48. The monoisotopic (exact) mass is 537 g/mol. The molecular weight excluding hydrogens is 515 g/mol. The number of rotatable bonds is 3. The zero-order valence-electron chi connectivity index (χ0n) is 19.2. The fourth-order valence-electron chi connectivity index (χ4n) is 6.99. The van der Waals surface area contributed by atoms with Crippen LogP contribution in [0, 0.1) is 29.6 Å². The van der Waals surface area contributed by atoms with Gasteiger partial charge in [0, 0.05) is 21.2 Å². The van der Waals surface area contributed by atoms with Crippen LogP contribution in [0.2, 0.25) is 0 Å². The molecule has 36 heavy (non-hydrogen) atoms. The zero-order chi connectivity index (χ0) is 25.7. The average Bonchev–Trinajstić information content (AvgIpc) is 3.51. The van der Waals surface area contributed by atoms with Crippen molar-refractivity contribution < 1.29 is 27.6 Å². The summed E-state index contributed by atoms with van der Waals surface area (Å²) in [7, 11) is 0. The molecule has 1 saturated heterocycles. The SMILES string of the molecule is CC1(C)c2sc(=O)[nH]c2S[C@@H]2[C@H]3C[C@@H]([C@@H]4C(=O)N(CC(=O)Nc5cccc(C(F)(F)F)c5)C(=O)[C@@H]34)[C@@H]21. The summed E-state index contributed by atoms with van der Waals surface area (Å²) in [5.41, 5.74) is -1.30. The molecule has 0 unspecified atom stereocenters. The molecular formula is C24H22F3N3O4S2. The van der Waals surface area contributed by atoms with E-state index in [1.54, 1.807) is 11.8 Å². The van der Waals surface area contributed by atoms with Crippen LogP contribution in [-0.2, 0) is 26.0 Å². The Hall–Kier alpha value is -2.60. The molecule has 6 rings (SSSR count). The summed E-state index contributed by atoms with van der Waals surface area (Å²) in [5.74, 6) is -2.49. The average molecular weight is 538 g/mol. The number of carbonyl (C=O) groups is 3. The van der Waals surface area contributed by atoms with E-state index in [0.29, 0.717) is 0 Å². The van der Waals surface area contributed by atoms with Gasteiger partial charge in [-0.15, -0.1) is 11.8 Å². The van der Waals surface area contributed by atoms with Gasteiger partial charge in [0.05, 0.1) is 22.4 Å². The fourth-order valence-corrected chi connectivity index (χ4v) is 10.1. The molecule has 6 atom stereocenters. The van der Waals surface area contributed by atoms with E-state index in [0.717, 1.165) is 33.4 Å². The number of nitrogens with zero attached hydrogens (tertiary/aromatic N) is 1. The zero-order valence-corrected chi connectivity index (χ0v) is 20.9. The lowest BCUT2D eigenvalue weighted by Gasteiger charge is -2.47. The predicted octanol–water partition coefficient (Wildman–Crippen LogP) is 3.71. The summed E-state index contributed by atoms with van der Waals surface area (Å²) in [5, 5.41) is 3.31. The van der Waals surface area contributed by atoms with Gasteiger partial charge in [-0.25, -0.2) is 0 Å². The minimum atomic E-state index is -4.56. The Kier molecular flexibility index (Phi) is 5.09. The normalized spacial score (nSPS) is 31.9. The molecule has 7 nitrogen and oxygen atoms in total. The summed E-state index contributed by atoms with van der Waals surface area (Å²) in [6.45, 7) is 3.64. The maximum atomic E-state index is 13.4. The Bertz CT molecular complexity index is 1370. The molecule has 2 saturated carbocycles. The fraction of sp³-hybridized carbons (Fsp3) is 0.500. The van der Waals surface area contributed by atoms with Crippen LogP contribution in [0.5, 0.6) is 0 Å². The van der Waals surface area contributed by atoms with E-state index in [2.05, 4.69) is 24.1 Å². The second-order valence-electron chi connectivity index (χ2n) is 10.5. The van der Waals surface area contributed by atoms with Crippen LogP contribution in [0.3, 0.4) is 0 Å². The molecule has 1 aromatic carbocycles. The van der Waals surface area contributed by atoms with Crippen LogP contribution in [0.15, 0.2) is 34.1 Å². The largest absolute Gasteiger partial charge is 0.416 e. The summed E-state index contributed by atoms with van der Waals surface area (Å²) in [4.78, 5) is 56.2. The number of likely N-dealkylation sites (tertiary alicyclic amines) is 1. The number of carbonyl (C=O) groups excluding carboxylic acids is 3. The number of hydrogen-bond acceptors (Lipinski definition) is 6. The molecule has 2 N–H and O–H groups in total. The highest BCUT2D eigenvalue weighted by atomic mass is 32.2. The maximum Gasteiger partial charge on any atom is 0.416 e. The number of imide groups is 1. The molecule has 12 heteroatoms. The minimum Gasteiger partial charge on any atom is -0.325 e. The highest BCUT2D eigenvalue weighted by Gasteiger charge is 2.70. The highest BCUT2D eigenvalue weighted by Crippen LogP contribution is 2.68. The number of benzene rings is 1. The Morgan fingerprint density at radius 2 is 1.86 bits per heavy atom. The molecule has 2 aliphatic carbocycles. The number of aromatic nitrogens is 1. The van der Waals surface area contributed by atoms with Gasteiger partial charge in [-0.1, -0.05) is 31.3 Å². The number of nitrogens with one attached hydrogen (secondary N) is 2.